The van der Waals surface area contributed by atoms with Crippen LogP contribution in [0.15, 0.2) is 36.5 Å². The van der Waals surface area contributed by atoms with Crippen LogP contribution in [-0.2, 0) is 28.6 Å². The molecule has 0 N–H and O–H groups in total. The normalized spacial score (nSPS) is 12.2. The van der Waals surface area contributed by atoms with E-state index in [0.717, 1.165) is 83.5 Å². The summed E-state index contributed by atoms with van der Waals surface area (Å²) in [6.45, 7) is 6.62. The molecule has 0 heterocycles. The molecule has 0 radical (unpaired) electrons. The average Bonchev–Trinajstić information content (AvgIpc) is 3.30. The molecule has 0 aromatic heterocycles. The first kappa shape index (κ1) is 62.6. The lowest BCUT2D eigenvalue weighted by atomic mass is 10.0. The predicted molar refractivity (Wildman–Crippen MR) is 279 cm³/mol. The third kappa shape index (κ3) is 52.5. The first-order valence-corrected chi connectivity index (χ1v) is 28.5. The van der Waals surface area contributed by atoms with Gasteiger partial charge in [-0.1, -0.05) is 250 Å². The molecule has 0 bridgehead atoms. The molecule has 0 aliphatic carbocycles. The molecule has 0 spiro atoms. The lowest BCUT2D eigenvalue weighted by Gasteiger charge is -2.18. The number of ether oxygens (including phenoxy) is 3. The molecule has 0 saturated carbocycles. The van der Waals surface area contributed by atoms with Crippen LogP contribution in [0.2, 0.25) is 0 Å². The largest absolute Gasteiger partial charge is 0.462 e. The Morgan fingerprint density at radius 3 is 0.908 bits per heavy atom. The van der Waals surface area contributed by atoms with Crippen LogP contribution in [-0.4, -0.2) is 37.2 Å². The summed E-state index contributed by atoms with van der Waals surface area (Å²) in [5.41, 5.74) is 0. The minimum Gasteiger partial charge on any atom is -0.462 e. The van der Waals surface area contributed by atoms with Gasteiger partial charge in [0.1, 0.15) is 13.2 Å². The van der Waals surface area contributed by atoms with E-state index in [4.69, 9.17) is 14.2 Å². The number of carbonyl (C=O) groups excluding carboxylic acids is 3. The Labute approximate surface area is 404 Å². The number of unbranched alkanes of at least 4 members (excludes halogenated alkanes) is 35. The molecule has 1 atom stereocenters. The summed E-state index contributed by atoms with van der Waals surface area (Å²) in [6.07, 6.45) is 64.1. The zero-order valence-corrected chi connectivity index (χ0v) is 43.5. The second-order valence-electron chi connectivity index (χ2n) is 19.2. The Morgan fingerprint density at radius 1 is 0.308 bits per heavy atom. The van der Waals surface area contributed by atoms with E-state index in [2.05, 4.69) is 57.2 Å². The van der Waals surface area contributed by atoms with Gasteiger partial charge in [0.2, 0.25) is 0 Å². The summed E-state index contributed by atoms with van der Waals surface area (Å²) in [5.74, 6) is -0.875. The van der Waals surface area contributed by atoms with Crippen LogP contribution in [0.5, 0.6) is 0 Å². The van der Waals surface area contributed by atoms with Crippen LogP contribution in [0.4, 0.5) is 0 Å². The summed E-state index contributed by atoms with van der Waals surface area (Å²) in [7, 11) is 0. The molecule has 6 heteroatoms. The molecule has 0 fully saturated rings. The van der Waals surface area contributed by atoms with Crippen molar-refractivity contribution < 1.29 is 28.6 Å². The summed E-state index contributed by atoms with van der Waals surface area (Å²) in [5, 5.41) is 0. The fourth-order valence-electron chi connectivity index (χ4n) is 8.28. The lowest BCUT2D eigenvalue weighted by molar-refractivity contribution is -0.167. The minimum absolute atomic E-state index is 0.0749. The minimum atomic E-state index is -0.777. The maximum Gasteiger partial charge on any atom is 0.306 e. The van der Waals surface area contributed by atoms with Crippen molar-refractivity contribution in [1.82, 2.24) is 0 Å². The van der Waals surface area contributed by atoms with Crippen molar-refractivity contribution in [3.8, 4) is 0 Å². The van der Waals surface area contributed by atoms with Crippen molar-refractivity contribution in [1.29, 1.82) is 0 Å². The van der Waals surface area contributed by atoms with E-state index < -0.39 is 6.10 Å². The third-order valence-corrected chi connectivity index (χ3v) is 12.6. The van der Waals surface area contributed by atoms with Crippen molar-refractivity contribution in [3.63, 3.8) is 0 Å². The van der Waals surface area contributed by atoms with Crippen molar-refractivity contribution in [2.45, 2.75) is 309 Å². The van der Waals surface area contributed by atoms with Gasteiger partial charge < -0.3 is 14.2 Å². The smallest absolute Gasteiger partial charge is 0.306 e. The second kappa shape index (κ2) is 54.2. The van der Waals surface area contributed by atoms with E-state index in [1.54, 1.807) is 0 Å². The number of esters is 3. The highest BCUT2D eigenvalue weighted by atomic mass is 16.6. The third-order valence-electron chi connectivity index (χ3n) is 12.6. The molecule has 0 saturated heterocycles. The molecule has 0 aliphatic heterocycles. The molecular formula is C59H108O6. The molecular weight excluding hydrogens is 805 g/mol. The maximum absolute atomic E-state index is 12.8. The average molecular weight is 914 g/mol. The molecule has 6 nitrogen and oxygen atoms in total. The highest BCUT2D eigenvalue weighted by Crippen LogP contribution is 2.16. The molecule has 0 unspecified atom stereocenters. The zero-order chi connectivity index (χ0) is 47.2. The number of hydrogen-bond acceptors (Lipinski definition) is 6. The highest BCUT2D eigenvalue weighted by molar-refractivity contribution is 5.71. The number of hydrogen-bond donors (Lipinski definition) is 0. The van der Waals surface area contributed by atoms with Crippen LogP contribution in [0, 0.1) is 0 Å². The fourth-order valence-corrected chi connectivity index (χ4v) is 8.28. The van der Waals surface area contributed by atoms with Gasteiger partial charge in [0.15, 0.2) is 6.10 Å². The van der Waals surface area contributed by atoms with E-state index in [1.165, 1.54) is 180 Å². The lowest BCUT2D eigenvalue weighted by Crippen LogP contribution is -2.30. The van der Waals surface area contributed by atoms with Crippen LogP contribution in [0.25, 0.3) is 0 Å². The predicted octanol–water partition coefficient (Wildman–Crippen LogP) is 18.9. The summed E-state index contributed by atoms with van der Waals surface area (Å²) < 4.78 is 16.9. The SMILES string of the molecule is CCCC/C=C\C/C=C\CCCCCCCC(=O)O[C@@H](COC(=O)CCCCCCCCCCC/C=C\CCCCCCCC)COC(=O)CCCCCCCCCCCCCCCC. The Kier molecular flexibility index (Phi) is 52.3. The zero-order valence-electron chi connectivity index (χ0n) is 43.5. The van der Waals surface area contributed by atoms with Crippen LogP contribution in [0.3, 0.4) is 0 Å². The Morgan fingerprint density at radius 2 is 0.569 bits per heavy atom. The van der Waals surface area contributed by atoms with Crippen LogP contribution >= 0.6 is 0 Å². The summed E-state index contributed by atoms with van der Waals surface area (Å²) in [4.78, 5) is 38.1. The van der Waals surface area contributed by atoms with Crippen molar-refractivity contribution in [3.05, 3.63) is 36.5 Å². The highest BCUT2D eigenvalue weighted by Gasteiger charge is 2.19. The Bertz CT molecular complexity index is 1090. The van der Waals surface area contributed by atoms with Gasteiger partial charge in [0.25, 0.3) is 0 Å². The number of carbonyl (C=O) groups is 3. The molecule has 0 aromatic carbocycles. The van der Waals surface area contributed by atoms with Gasteiger partial charge in [-0.3, -0.25) is 14.4 Å². The van der Waals surface area contributed by atoms with Gasteiger partial charge in [0.05, 0.1) is 0 Å². The topological polar surface area (TPSA) is 78.9 Å². The molecule has 380 valence electrons. The van der Waals surface area contributed by atoms with Gasteiger partial charge in [0, 0.05) is 19.3 Å². The quantitative estimate of drug-likeness (QED) is 0.0262. The molecule has 0 amide bonds. The van der Waals surface area contributed by atoms with E-state index in [-0.39, 0.29) is 31.1 Å². The van der Waals surface area contributed by atoms with Gasteiger partial charge >= 0.3 is 17.9 Å². The molecule has 65 heavy (non-hydrogen) atoms. The van der Waals surface area contributed by atoms with E-state index in [9.17, 15) is 14.4 Å². The summed E-state index contributed by atoms with van der Waals surface area (Å²) in [6, 6.07) is 0. The van der Waals surface area contributed by atoms with Crippen molar-refractivity contribution in [2.75, 3.05) is 13.2 Å². The van der Waals surface area contributed by atoms with Gasteiger partial charge in [-0.05, 0) is 70.6 Å². The van der Waals surface area contributed by atoms with E-state index in [1.807, 2.05) is 0 Å². The van der Waals surface area contributed by atoms with Crippen molar-refractivity contribution >= 4 is 17.9 Å². The first-order chi connectivity index (χ1) is 32.0. The summed E-state index contributed by atoms with van der Waals surface area (Å²) >= 11 is 0. The Hall–Kier alpha value is -2.37. The molecule has 0 aromatic rings. The van der Waals surface area contributed by atoms with Gasteiger partial charge in [-0.2, -0.15) is 0 Å². The standard InChI is InChI=1S/C59H108O6/c1-4-7-10-13-16-19-22-25-28-29-30-31-32-35-37-40-43-46-49-52-58(61)64-55-56(65-59(62)53-50-47-44-41-38-34-27-24-21-18-15-12-9-6-3)54-63-57(60)51-48-45-42-39-36-33-26-23-20-17-14-11-8-5-2/h15,18,24-25,27-28,56H,4-14,16-17,19-23,26,29-55H2,1-3H3/b18-15-,27-24-,28-25-/t56-/m1/s1. The van der Waals surface area contributed by atoms with E-state index in [0.29, 0.717) is 19.3 Å². The number of rotatable bonds is 52. The Balaban J connectivity index is 4.33. The monoisotopic (exact) mass is 913 g/mol. The van der Waals surface area contributed by atoms with Crippen LogP contribution < -0.4 is 0 Å². The first-order valence-electron chi connectivity index (χ1n) is 28.5. The second-order valence-corrected chi connectivity index (χ2v) is 19.2. The van der Waals surface area contributed by atoms with Crippen molar-refractivity contribution in [2.24, 2.45) is 0 Å². The van der Waals surface area contributed by atoms with Crippen LogP contribution in [0.1, 0.15) is 303 Å². The van der Waals surface area contributed by atoms with E-state index >= 15 is 0 Å². The number of allylic oxidation sites excluding steroid dienone is 6. The van der Waals surface area contributed by atoms with Gasteiger partial charge in [-0.15, -0.1) is 0 Å². The molecule has 0 aliphatic rings. The molecule has 0 rings (SSSR count). The van der Waals surface area contributed by atoms with Gasteiger partial charge in [-0.25, -0.2) is 0 Å². The fraction of sp³-hybridized carbons (Fsp3) is 0.847. The maximum atomic E-state index is 12.8.